The van der Waals surface area contributed by atoms with Gasteiger partial charge in [0.2, 0.25) is 0 Å². The molecule has 6 heteroatoms. The predicted molar refractivity (Wildman–Crippen MR) is 68.5 cm³/mol. The van der Waals surface area contributed by atoms with Gasteiger partial charge in [0.05, 0.1) is 12.2 Å². The van der Waals surface area contributed by atoms with Crippen LogP contribution in [0.3, 0.4) is 0 Å². The van der Waals surface area contributed by atoms with Gasteiger partial charge in [0.1, 0.15) is 5.75 Å². The number of para-hydroxylation sites is 1. The Labute approximate surface area is 116 Å². The minimum absolute atomic E-state index is 0.0101. The van der Waals surface area contributed by atoms with E-state index in [-0.39, 0.29) is 30.8 Å². The number of carbonyl (C=O) groups excluding carboxylic acids is 1. The first-order valence-corrected chi connectivity index (χ1v) is 6.29. The molecule has 0 bridgehead atoms. The highest BCUT2D eigenvalue weighted by molar-refractivity contribution is 5.69. The molecule has 1 aromatic rings. The zero-order valence-electron chi connectivity index (χ0n) is 11.4. The average molecular weight is 288 g/mol. The maximum Gasteiger partial charge on any atom is 0.387 e. The molecular formula is C14H18F2O4. The Kier molecular flexibility index (Phi) is 5.88. The van der Waals surface area contributed by atoms with Gasteiger partial charge in [-0.3, -0.25) is 4.79 Å². The summed E-state index contributed by atoms with van der Waals surface area (Å²) in [5.74, 6) is -0.545. The van der Waals surface area contributed by atoms with Gasteiger partial charge in [0.15, 0.2) is 0 Å². The number of aliphatic hydroxyl groups is 1. The third kappa shape index (κ3) is 4.77. The molecule has 0 aromatic heterocycles. The summed E-state index contributed by atoms with van der Waals surface area (Å²) in [6.07, 6.45) is 0.0410. The maximum absolute atomic E-state index is 12.3. The molecule has 0 spiro atoms. The Bertz CT molecular complexity index is 447. The zero-order chi connectivity index (χ0) is 15.2. The molecule has 20 heavy (non-hydrogen) atoms. The number of hydrogen-bond acceptors (Lipinski definition) is 4. The van der Waals surface area contributed by atoms with Crippen molar-refractivity contribution in [2.24, 2.45) is 0 Å². The van der Waals surface area contributed by atoms with Gasteiger partial charge in [-0.25, -0.2) is 0 Å². The molecule has 1 atom stereocenters. The van der Waals surface area contributed by atoms with Crippen molar-refractivity contribution in [3.63, 3.8) is 0 Å². The van der Waals surface area contributed by atoms with Crippen molar-refractivity contribution in [1.29, 1.82) is 0 Å². The molecule has 0 aliphatic carbocycles. The summed E-state index contributed by atoms with van der Waals surface area (Å²) in [5, 5.41) is 10.4. The smallest absolute Gasteiger partial charge is 0.387 e. The first-order chi connectivity index (χ1) is 9.36. The highest BCUT2D eigenvalue weighted by Crippen LogP contribution is 2.34. The normalized spacial score (nSPS) is 13.9. The maximum atomic E-state index is 12.3. The summed E-state index contributed by atoms with van der Waals surface area (Å²) >= 11 is 0. The lowest BCUT2D eigenvalue weighted by molar-refractivity contribution is -0.144. The van der Waals surface area contributed by atoms with Crippen LogP contribution < -0.4 is 4.74 Å². The topological polar surface area (TPSA) is 55.8 Å². The second-order valence-electron chi connectivity index (χ2n) is 4.45. The van der Waals surface area contributed by atoms with E-state index in [4.69, 9.17) is 4.74 Å². The van der Waals surface area contributed by atoms with Crippen molar-refractivity contribution < 1.29 is 28.2 Å². The average Bonchev–Trinajstić information content (AvgIpc) is 2.37. The van der Waals surface area contributed by atoms with E-state index in [9.17, 15) is 18.7 Å². The van der Waals surface area contributed by atoms with Crippen molar-refractivity contribution in [2.75, 3.05) is 6.61 Å². The molecule has 0 fully saturated rings. The van der Waals surface area contributed by atoms with Crippen LogP contribution in [-0.2, 0) is 15.1 Å². The SMILES string of the molecule is CCOC(=O)CCC(C)(O)c1ccccc1OC(F)F. The van der Waals surface area contributed by atoms with Crippen molar-refractivity contribution in [3.8, 4) is 5.75 Å². The van der Waals surface area contributed by atoms with Crippen LogP contribution in [0.4, 0.5) is 8.78 Å². The number of carbonyl (C=O) groups is 1. The summed E-state index contributed by atoms with van der Waals surface area (Å²) in [4.78, 5) is 11.3. The van der Waals surface area contributed by atoms with E-state index in [0.29, 0.717) is 0 Å². The molecule has 112 valence electrons. The van der Waals surface area contributed by atoms with Crippen molar-refractivity contribution in [2.45, 2.75) is 38.9 Å². The molecule has 0 aliphatic rings. The second kappa shape index (κ2) is 7.19. The first kappa shape index (κ1) is 16.4. The van der Waals surface area contributed by atoms with Crippen LogP contribution in [0.15, 0.2) is 24.3 Å². The number of rotatable bonds is 7. The number of halogens is 2. The van der Waals surface area contributed by atoms with E-state index in [1.807, 2.05) is 0 Å². The minimum Gasteiger partial charge on any atom is -0.466 e. The van der Waals surface area contributed by atoms with Gasteiger partial charge in [-0.1, -0.05) is 18.2 Å². The van der Waals surface area contributed by atoms with Crippen LogP contribution in [0.25, 0.3) is 0 Å². The summed E-state index contributed by atoms with van der Waals surface area (Å²) in [5.41, 5.74) is -1.25. The Morgan fingerprint density at radius 1 is 1.40 bits per heavy atom. The highest BCUT2D eigenvalue weighted by atomic mass is 19.3. The molecule has 0 heterocycles. The van der Waals surface area contributed by atoms with E-state index in [1.165, 1.54) is 25.1 Å². The second-order valence-corrected chi connectivity index (χ2v) is 4.45. The van der Waals surface area contributed by atoms with Crippen LogP contribution in [-0.4, -0.2) is 24.3 Å². The molecule has 0 aliphatic heterocycles. The Hall–Kier alpha value is -1.69. The number of hydrogen-bond donors (Lipinski definition) is 1. The van der Waals surface area contributed by atoms with Crippen LogP contribution in [0.2, 0.25) is 0 Å². The fourth-order valence-electron chi connectivity index (χ4n) is 1.82. The van der Waals surface area contributed by atoms with Crippen LogP contribution in [0.1, 0.15) is 32.3 Å². The third-order valence-electron chi connectivity index (χ3n) is 2.80. The van der Waals surface area contributed by atoms with Gasteiger partial charge in [-0.15, -0.1) is 0 Å². The van der Waals surface area contributed by atoms with Gasteiger partial charge >= 0.3 is 12.6 Å². The number of esters is 1. The van der Waals surface area contributed by atoms with Gasteiger partial charge in [-0.05, 0) is 26.3 Å². The molecule has 0 amide bonds. The number of alkyl halides is 2. The summed E-state index contributed by atoms with van der Waals surface area (Å²) in [6, 6.07) is 5.97. The fourth-order valence-corrected chi connectivity index (χ4v) is 1.82. The molecule has 0 saturated carbocycles. The molecule has 0 saturated heterocycles. The molecule has 1 N–H and O–H groups in total. The van der Waals surface area contributed by atoms with Crippen LogP contribution in [0.5, 0.6) is 5.75 Å². The molecular weight excluding hydrogens is 270 g/mol. The summed E-state index contributed by atoms with van der Waals surface area (Å²) in [7, 11) is 0. The number of benzene rings is 1. The minimum atomic E-state index is -2.97. The number of ether oxygens (including phenoxy) is 2. The molecule has 1 unspecified atom stereocenters. The van der Waals surface area contributed by atoms with Crippen molar-refractivity contribution >= 4 is 5.97 Å². The van der Waals surface area contributed by atoms with Gasteiger partial charge in [0, 0.05) is 12.0 Å². The fraction of sp³-hybridized carbons (Fsp3) is 0.500. The van der Waals surface area contributed by atoms with Crippen molar-refractivity contribution in [3.05, 3.63) is 29.8 Å². The Morgan fingerprint density at radius 3 is 2.65 bits per heavy atom. The van der Waals surface area contributed by atoms with E-state index >= 15 is 0 Å². The lowest BCUT2D eigenvalue weighted by Crippen LogP contribution is -2.24. The van der Waals surface area contributed by atoms with Crippen molar-refractivity contribution in [1.82, 2.24) is 0 Å². The zero-order valence-corrected chi connectivity index (χ0v) is 11.4. The van der Waals surface area contributed by atoms with E-state index in [2.05, 4.69) is 4.74 Å². The Morgan fingerprint density at radius 2 is 2.05 bits per heavy atom. The van der Waals surface area contributed by atoms with Gasteiger partial charge in [-0.2, -0.15) is 8.78 Å². The Balaban J connectivity index is 2.83. The van der Waals surface area contributed by atoms with Gasteiger partial charge in [0.25, 0.3) is 0 Å². The monoisotopic (exact) mass is 288 g/mol. The lowest BCUT2D eigenvalue weighted by Gasteiger charge is -2.25. The third-order valence-corrected chi connectivity index (χ3v) is 2.80. The standard InChI is InChI=1S/C14H18F2O4/c1-3-19-12(17)8-9-14(2,18)10-6-4-5-7-11(10)20-13(15)16/h4-7,13,18H,3,8-9H2,1-2H3. The largest absolute Gasteiger partial charge is 0.466 e. The predicted octanol–water partition coefficient (Wildman–Crippen LogP) is 2.84. The molecule has 1 rings (SSSR count). The quantitative estimate of drug-likeness (QED) is 0.784. The molecule has 0 radical (unpaired) electrons. The highest BCUT2D eigenvalue weighted by Gasteiger charge is 2.28. The van der Waals surface area contributed by atoms with Crippen LogP contribution >= 0.6 is 0 Å². The molecule has 4 nitrogen and oxygen atoms in total. The summed E-state index contributed by atoms with van der Waals surface area (Å²) < 4.78 is 33.8. The lowest BCUT2D eigenvalue weighted by atomic mass is 9.90. The van der Waals surface area contributed by atoms with E-state index in [0.717, 1.165) is 0 Å². The van der Waals surface area contributed by atoms with Crippen LogP contribution in [0, 0.1) is 0 Å². The molecule has 1 aromatic carbocycles. The van der Waals surface area contributed by atoms with Gasteiger partial charge < -0.3 is 14.6 Å². The first-order valence-electron chi connectivity index (χ1n) is 6.29. The van der Waals surface area contributed by atoms with E-state index in [1.54, 1.807) is 13.0 Å². The summed E-state index contributed by atoms with van der Waals surface area (Å²) in [6.45, 7) is 0.408. The van der Waals surface area contributed by atoms with E-state index < -0.39 is 18.2 Å².